The largest absolute Gasteiger partial charge is 0.342 e. The van der Waals surface area contributed by atoms with Crippen LogP contribution in [0.2, 0.25) is 0 Å². The second-order valence-electron chi connectivity index (χ2n) is 6.02. The van der Waals surface area contributed by atoms with Gasteiger partial charge in [-0.15, -0.1) is 4.40 Å². The first-order chi connectivity index (χ1) is 10.8. The number of rotatable bonds is 2. The van der Waals surface area contributed by atoms with Gasteiger partial charge in [0.05, 0.1) is 5.69 Å². The number of benzene rings is 2. The molecular weight excluding hydrogens is 308 g/mol. The van der Waals surface area contributed by atoms with Crippen LogP contribution in [0.25, 0.3) is 0 Å². The van der Waals surface area contributed by atoms with Gasteiger partial charge in [-0.3, -0.25) is 0 Å². The Hall–Kier alpha value is -2.14. The average Bonchev–Trinajstić information content (AvgIpc) is 2.45. The molecule has 0 aliphatic carbocycles. The average molecular weight is 330 g/mol. The minimum absolute atomic E-state index is 0. The summed E-state index contributed by atoms with van der Waals surface area (Å²) >= 11 is 0. The number of hydrogen-bond donors (Lipinski definition) is 1. The van der Waals surface area contributed by atoms with E-state index in [2.05, 4.69) is 35.7 Å². The molecule has 23 heavy (non-hydrogen) atoms. The van der Waals surface area contributed by atoms with E-state index in [4.69, 9.17) is 0 Å². The van der Waals surface area contributed by atoms with Crippen molar-refractivity contribution in [2.45, 2.75) is 38.5 Å². The van der Waals surface area contributed by atoms with Gasteiger partial charge < -0.3 is 5.32 Å². The predicted molar refractivity (Wildman–Crippen MR) is 95.9 cm³/mol. The summed E-state index contributed by atoms with van der Waals surface area (Å²) in [6.45, 7) is 7.87. The number of anilines is 1. The van der Waals surface area contributed by atoms with E-state index in [9.17, 15) is 8.42 Å². The predicted octanol–water partition coefficient (Wildman–Crippen LogP) is 4.23. The van der Waals surface area contributed by atoms with Gasteiger partial charge in [-0.05, 0) is 49.1 Å². The molecule has 1 atom stereocenters. The molecule has 0 unspecified atom stereocenters. The molecule has 3 rings (SSSR count). The molecule has 1 aliphatic rings. The van der Waals surface area contributed by atoms with Crippen LogP contribution in [0, 0.1) is 13.8 Å². The van der Waals surface area contributed by atoms with Gasteiger partial charge in [0.25, 0.3) is 10.0 Å². The summed E-state index contributed by atoms with van der Waals surface area (Å²) in [5.41, 5.74) is 5.13. The Morgan fingerprint density at radius 3 is 2.43 bits per heavy atom. The molecule has 0 radical (unpaired) electrons. The highest BCUT2D eigenvalue weighted by Gasteiger charge is 2.28. The normalized spacial score (nSPS) is 17.0. The van der Waals surface area contributed by atoms with Crippen molar-refractivity contribution in [3.05, 3.63) is 58.7 Å². The van der Waals surface area contributed by atoms with Crippen LogP contribution < -0.4 is 5.32 Å². The molecular formula is C18H22N2O2S. The highest BCUT2D eigenvalue weighted by molar-refractivity contribution is 7.90. The molecule has 122 valence electrons. The Morgan fingerprint density at radius 1 is 1.04 bits per heavy atom. The topological polar surface area (TPSA) is 58.5 Å². The minimum Gasteiger partial charge on any atom is -0.342 e. The van der Waals surface area contributed by atoms with E-state index in [1.54, 1.807) is 13.0 Å². The van der Waals surface area contributed by atoms with Crippen molar-refractivity contribution in [3.63, 3.8) is 0 Å². The van der Waals surface area contributed by atoms with E-state index in [-0.39, 0.29) is 12.2 Å². The van der Waals surface area contributed by atoms with Crippen LogP contribution in [0.4, 0.5) is 5.69 Å². The molecule has 0 amide bonds. The lowest BCUT2D eigenvalue weighted by atomic mass is 9.86. The molecule has 0 saturated heterocycles. The Kier molecular flexibility index (Phi) is 3.76. The van der Waals surface area contributed by atoms with Gasteiger partial charge in [-0.1, -0.05) is 37.3 Å². The van der Waals surface area contributed by atoms with E-state index in [0.717, 1.165) is 11.1 Å². The number of hydrogen-bond acceptors (Lipinski definition) is 3. The zero-order valence-corrected chi connectivity index (χ0v) is 14.5. The number of fused-ring (bicyclic) bond motifs is 1. The summed E-state index contributed by atoms with van der Waals surface area (Å²) in [5, 5.41) is 3.17. The SMILES string of the molecule is CC1=NS(=O)(=O)c2ccc(C)c([C@H](C)c3ccccc3C)c2N1.[HH]. The molecule has 1 heterocycles. The summed E-state index contributed by atoms with van der Waals surface area (Å²) < 4.78 is 28.4. The number of nitrogens with one attached hydrogen (secondary N) is 1. The zero-order chi connectivity index (χ0) is 16.8. The molecule has 0 aromatic heterocycles. The zero-order valence-electron chi connectivity index (χ0n) is 13.7. The fourth-order valence-electron chi connectivity index (χ4n) is 3.27. The molecule has 4 nitrogen and oxygen atoms in total. The molecule has 1 N–H and O–H groups in total. The molecule has 5 heteroatoms. The van der Waals surface area contributed by atoms with Gasteiger partial charge in [0.2, 0.25) is 0 Å². The lowest BCUT2D eigenvalue weighted by molar-refractivity contribution is 0.597. The summed E-state index contributed by atoms with van der Waals surface area (Å²) in [6.07, 6.45) is 0. The van der Waals surface area contributed by atoms with Gasteiger partial charge in [0, 0.05) is 7.34 Å². The smallest absolute Gasteiger partial charge is 0.286 e. The molecule has 0 bridgehead atoms. The third-order valence-corrected chi connectivity index (χ3v) is 5.76. The van der Waals surface area contributed by atoms with Crippen LogP contribution in [-0.2, 0) is 10.0 Å². The van der Waals surface area contributed by atoms with Crippen LogP contribution in [-0.4, -0.2) is 14.3 Å². The Morgan fingerprint density at radius 2 is 1.74 bits per heavy atom. The maximum atomic E-state index is 12.3. The standard InChI is InChI=1S/C18H20N2O2S.H2/c1-11-7-5-6-8-15(11)13(3)17-12(2)9-10-16-18(17)19-14(4)20-23(16,21)22;/h5-10,13H,1-4H3,(H,19,20);1H/t13-;/m1./s1. The first-order valence-electron chi connectivity index (χ1n) is 7.59. The fourth-order valence-corrected chi connectivity index (χ4v) is 4.43. The molecule has 0 spiro atoms. The Balaban J connectivity index is 0.00000208. The molecule has 1 aliphatic heterocycles. The van der Waals surface area contributed by atoms with Gasteiger partial charge in [0.15, 0.2) is 0 Å². The van der Waals surface area contributed by atoms with Crippen molar-refractivity contribution in [1.82, 2.24) is 0 Å². The number of sulfonamides is 1. The van der Waals surface area contributed by atoms with Crippen molar-refractivity contribution in [2.24, 2.45) is 4.40 Å². The Bertz CT molecular complexity index is 921. The summed E-state index contributed by atoms with van der Waals surface area (Å²) in [6, 6.07) is 11.7. The van der Waals surface area contributed by atoms with Crippen molar-refractivity contribution in [3.8, 4) is 0 Å². The quantitative estimate of drug-likeness (QED) is 0.896. The number of aryl methyl sites for hydroxylation is 2. The lowest BCUT2D eigenvalue weighted by Crippen LogP contribution is -2.21. The van der Waals surface area contributed by atoms with E-state index in [1.807, 2.05) is 25.1 Å². The highest BCUT2D eigenvalue weighted by Crippen LogP contribution is 2.39. The van der Waals surface area contributed by atoms with E-state index < -0.39 is 10.0 Å². The van der Waals surface area contributed by atoms with E-state index in [0.29, 0.717) is 11.5 Å². The monoisotopic (exact) mass is 330 g/mol. The molecule has 2 aromatic carbocycles. The van der Waals surface area contributed by atoms with Gasteiger partial charge >= 0.3 is 0 Å². The van der Waals surface area contributed by atoms with Crippen molar-refractivity contribution < 1.29 is 9.84 Å². The van der Waals surface area contributed by atoms with Crippen LogP contribution in [0.3, 0.4) is 0 Å². The number of nitrogens with zero attached hydrogens (tertiary/aromatic N) is 1. The minimum atomic E-state index is -3.63. The van der Waals surface area contributed by atoms with Crippen molar-refractivity contribution in [2.75, 3.05) is 5.32 Å². The highest BCUT2D eigenvalue weighted by atomic mass is 32.2. The first kappa shape index (κ1) is 15.7. The first-order valence-corrected chi connectivity index (χ1v) is 9.03. The van der Waals surface area contributed by atoms with Crippen LogP contribution in [0.1, 0.15) is 43.4 Å². The summed E-state index contributed by atoms with van der Waals surface area (Å²) in [5.74, 6) is 0.487. The van der Waals surface area contributed by atoms with E-state index >= 15 is 0 Å². The molecule has 2 aromatic rings. The maximum Gasteiger partial charge on any atom is 0.286 e. The third-order valence-electron chi connectivity index (χ3n) is 4.35. The van der Waals surface area contributed by atoms with Gasteiger partial charge in [0.1, 0.15) is 10.7 Å². The lowest BCUT2D eigenvalue weighted by Gasteiger charge is -2.25. The summed E-state index contributed by atoms with van der Waals surface area (Å²) in [7, 11) is -3.63. The van der Waals surface area contributed by atoms with Crippen LogP contribution in [0.15, 0.2) is 45.7 Å². The van der Waals surface area contributed by atoms with Crippen molar-refractivity contribution in [1.29, 1.82) is 0 Å². The second kappa shape index (κ2) is 5.49. The third kappa shape index (κ3) is 2.65. The van der Waals surface area contributed by atoms with Gasteiger partial charge in [-0.2, -0.15) is 8.42 Å². The summed E-state index contributed by atoms with van der Waals surface area (Å²) in [4.78, 5) is 0.254. The van der Waals surface area contributed by atoms with Gasteiger partial charge in [-0.25, -0.2) is 0 Å². The molecule has 0 saturated carbocycles. The fraction of sp³-hybridized carbons (Fsp3) is 0.278. The van der Waals surface area contributed by atoms with Crippen molar-refractivity contribution >= 4 is 21.5 Å². The maximum absolute atomic E-state index is 12.3. The van der Waals surface area contributed by atoms with Crippen LogP contribution in [0.5, 0.6) is 0 Å². The van der Waals surface area contributed by atoms with Crippen LogP contribution >= 0.6 is 0 Å². The molecule has 0 fully saturated rings. The number of amidine groups is 1. The Labute approximate surface area is 138 Å². The van der Waals surface area contributed by atoms with E-state index in [1.165, 1.54) is 11.1 Å². The second-order valence-corrected chi connectivity index (χ2v) is 7.60.